The van der Waals surface area contributed by atoms with E-state index in [1.165, 1.54) is 0 Å². The van der Waals surface area contributed by atoms with Gasteiger partial charge in [-0.15, -0.1) is 0 Å². The summed E-state index contributed by atoms with van der Waals surface area (Å²) < 4.78 is 0. The van der Waals surface area contributed by atoms with Gasteiger partial charge in [0.1, 0.15) is 0 Å². The van der Waals surface area contributed by atoms with Crippen LogP contribution in [-0.4, -0.2) is 86.6 Å². The second-order valence-electron chi connectivity index (χ2n) is 0. The van der Waals surface area contributed by atoms with Crippen LogP contribution in [0.4, 0.5) is 0 Å². The van der Waals surface area contributed by atoms with Crippen LogP contribution in [0.1, 0.15) is 0 Å². The molecule has 0 nitrogen and oxygen atoms in total. The van der Waals surface area contributed by atoms with Gasteiger partial charge in [-0.2, -0.15) is 0 Å². The maximum absolute atomic E-state index is 0. The summed E-state index contributed by atoms with van der Waals surface area (Å²) in [4.78, 5) is 0. The monoisotopic (exact) mass is 330 g/mol. The molecule has 0 unspecified atom stereocenters. The molecule has 0 saturated carbocycles. The number of hydrogen-bond acceptors (Lipinski definition) is 0. The third-order valence-corrected chi connectivity index (χ3v) is 0. The van der Waals surface area contributed by atoms with Crippen molar-refractivity contribution in [2.24, 2.45) is 0 Å². The van der Waals surface area contributed by atoms with Crippen LogP contribution in [-0.2, 0) is 49.8 Å². The molecule has 0 rings (SSSR count). The molecule has 0 heterocycles. The van der Waals surface area contributed by atoms with Crippen LogP contribution in [0.25, 0.3) is 0 Å². The second-order valence-corrected chi connectivity index (χ2v) is 0. The molecule has 0 spiro atoms. The van der Waals surface area contributed by atoms with E-state index in [0.717, 1.165) is 0 Å². The second kappa shape index (κ2) is 15.7. The van der Waals surface area contributed by atoms with Crippen LogP contribution < -0.4 is 0 Å². The molecule has 0 aliphatic carbocycles. The van der Waals surface area contributed by atoms with E-state index in [1.54, 1.807) is 0 Å². The van der Waals surface area contributed by atoms with Crippen molar-refractivity contribution >= 4 is 86.6 Å². The Labute approximate surface area is 132 Å². The van der Waals surface area contributed by atoms with E-state index in [4.69, 9.17) is 0 Å². The van der Waals surface area contributed by atoms with Gasteiger partial charge in [0.15, 0.2) is 0 Å². The third kappa shape index (κ3) is 9.68. The summed E-state index contributed by atoms with van der Waals surface area (Å²) in [5, 5.41) is 0. The molecule has 4 heavy (non-hydrogen) atoms. The Morgan fingerprint density at radius 3 is 1.00 bits per heavy atom. The van der Waals surface area contributed by atoms with Crippen molar-refractivity contribution in [3.63, 3.8) is 0 Å². The summed E-state index contributed by atoms with van der Waals surface area (Å²) in [7, 11) is 0. The molecule has 0 aliphatic rings. The van der Waals surface area contributed by atoms with Gasteiger partial charge < -0.3 is 0 Å². The molecule has 0 saturated heterocycles. The summed E-state index contributed by atoms with van der Waals surface area (Å²) in [6.45, 7) is 0. The predicted octanol–water partition coefficient (Wildman–Crippen LogP) is -0.767. The maximum Gasteiger partial charge on any atom is 0 e. The van der Waals surface area contributed by atoms with E-state index >= 15 is 0 Å². The summed E-state index contributed by atoms with van der Waals surface area (Å²) in [5.41, 5.74) is 0. The summed E-state index contributed by atoms with van der Waals surface area (Å²) in [6.07, 6.45) is 0. The van der Waals surface area contributed by atoms with Crippen molar-refractivity contribution in [2.75, 3.05) is 0 Å². The summed E-state index contributed by atoms with van der Waals surface area (Å²) in [6, 6.07) is 0. The maximum atomic E-state index is 0. The average molecular weight is 330 g/mol. The molecular formula is BaCaCuY. The zero-order valence-electron chi connectivity index (χ0n) is 2.29. The van der Waals surface area contributed by atoms with Crippen molar-refractivity contribution < 1.29 is 49.8 Å². The van der Waals surface area contributed by atoms with Crippen LogP contribution in [0.2, 0.25) is 0 Å². The van der Waals surface area contributed by atoms with E-state index in [0.29, 0.717) is 0 Å². The van der Waals surface area contributed by atoms with E-state index in [-0.39, 0.29) is 136 Å². The Balaban J connectivity index is 0. The average Bonchev–Trinajstić information content (AvgIpc) is 0. The van der Waals surface area contributed by atoms with Gasteiger partial charge in [0.2, 0.25) is 0 Å². The molecule has 0 amide bonds. The van der Waals surface area contributed by atoms with E-state index in [1.807, 2.05) is 0 Å². The summed E-state index contributed by atoms with van der Waals surface area (Å²) >= 11 is 0. The molecule has 18 valence electrons. The van der Waals surface area contributed by atoms with Crippen LogP contribution >= 0.6 is 0 Å². The minimum atomic E-state index is 0. The summed E-state index contributed by atoms with van der Waals surface area (Å²) in [5.74, 6) is 0. The Kier molecular flexibility index (Phi) is 92.6. The zero-order chi connectivity index (χ0) is 0. The quantitative estimate of drug-likeness (QED) is 0.512. The fraction of sp³-hybridized carbons (Fsp3) is 0. The Bertz CT molecular complexity index is 8.00. The molecule has 0 fully saturated rings. The van der Waals surface area contributed by atoms with Crippen molar-refractivity contribution in [1.82, 2.24) is 0 Å². The zero-order valence-corrected chi connectivity index (χ0v) is 12.7. The first-order valence-corrected chi connectivity index (χ1v) is 0. The van der Waals surface area contributed by atoms with Gasteiger partial charge in [-0.05, 0) is 0 Å². The topological polar surface area (TPSA) is 0 Å². The largest absolute Gasteiger partial charge is 0 e. The van der Waals surface area contributed by atoms with Gasteiger partial charge in [0, 0.05) is 136 Å². The van der Waals surface area contributed by atoms with Crippen LogP contribution in [0.3, 0.4) is 0 Å². The SMILES string of the molecule is [Ba].[Ca].[Cu].[Y]. The fourth-order valence-electron chi connectivity index (χ4n) is 0. The molecule has 4 heteroatoms. The molecule has 0 N–H and O–H groups in total. The van der Waals surface area contributed by atoms with Gasteiger partial charge in [-0.3, -0.25) is 0 Å². The van der Waals surface area contributed by atoms with Gasteiger partial charge in [-0.1, -0.05) is 0 Å². The van der Waals surface area contributed by atoms with Crippen molar-refractivity contribution in [2.45, 2.75) is 0 Å². The Morgan fingerprint density at radius 1 is 1.00 bits per heavy atom. The minimum Gasteiger partial charge on any atom is 0 e. The van der Waals surface area contributed by atoms with Gasteiger partial charge in [0.05, 0.1) is 0 Å². The van der Waals surface area contributed by atoms with Gasteiger partial charge >= 0.3 is 0 Å². The van der Waals surface area contributed by atoms with Crippen molar-refractivity contribution in [3.8, 4) is 0 Å². The smallest absolute Gasteiger partial charge is 0 e. The standard InChI is InChI=1S/Ba.Ca.Cu.Y. The number of hydrogen-bond donors (Lipinski definition) is 0. The van der Waals surface area contributed by atoms with Crippen LogP contribution in [0, 0.1) is 0 Å². The molecule has 0 atom stereocenters. The van der Waals surface area contributed by atoms with Crippen LogP contribution in [0.5, 0.6) is 0 Å². The molecule has 0 aliphatic heterocycles. The predicted molar refractivity (Wildman–Crippen MR) is 11.5 cm³/mol. The van der Waals surface area contributed by atoms with Crippen molar-refractivity contribution in [3.05, 3.63) is 0 Å². The molecule has 0 aromatic rings. The first-order chi connectivity index (χ1) is 0. The molecule has 6 radical (unpaired) electrons. The minimum absolute atomic E-state index is 0. The van der Waals surface area contributed by atoms with Gasteiger partial charge in [-0.25, -0.2) is 0 Å². The van der Waals surface area contributed by atoms with Gasteiger partial charge in [0.25, 0.3) is 0 Å². The Morgan fingerprint density at radius 2 is 1.00 bits per heavy atom. The Hall–Kier alpha value is 4.45. The molecule has 0 aromatic carbocycles. The van der Waals surface area contributed by atoms with Crippen LogP contribution in [0.15, 0.2) is 0 Å². The third-order valence-electron chi connectivity index (χ3n) is 0. The molecule has 0 aromatic heterocycles. The van der Waals surface area contributed by atoms with E-state index < -0.39 is 0 Å². The van der Waals surface area contributed by atoms with E-state index in [9.17, 15) is 0 Å². The fourth-order valence-corrected chi connectivity index (χ4v) is 0. The normalized spacial score (nSPS) is 0. The first kappa shape index (κ1) is 23.7. The van der Waals surface area contributed by atoms with Crippen molar-refractivity contribution in [1.29, 1.82) is 0 Å². The molecule has 0 bridgehead atoms. The molecular weight excluding hydrogens is 330 g/mol. The van der Waals surface area contributed by atoms with E-state index in [2.05, 4.69) is 0 Å². The first-order valence-electron chi connectivity index (χ1n) is 0. The number of rotatable bonds is 0.